The Morgan fingerprint density at radius 1 is 1.17 bits per heavy atom. The van der Waals surface area contributed by atoms with Gasteiger partial charge in [-0.2, -0.15) is 5.10 Å². The number of anilines is 1. The van der Waals surface area contributed by atoms with E-state index in [0.29, 0.717) is 35.7 Å². The molecule has 0 saturated carbocycles. The van der Waals surface area contributed by atoms with Gasteiger partial charge in [-0.25, -0.2) is 13.4 Å². The number of sulfonamides is 1. The maximum Gasteiger partial charge on any atom is 0.242 e. The molecule has 0 aliphatic carbocycles. The van der Waals surface area contributed by atoms with Gasteiger partial charge < -0.3 is 9.47 Å². The van der Waals surface area contributed by atoms with Crippen LogP contribution in [0.15, 0.2) is 47.6 Å². The summed E-state index contributed by atoms with van der Waals surface area (Å²) in [6, 6.07) is 12.0. The van der Waals surface area contributed by atoms with Crippen LogP contribution < -0.4 is 14.2 Å². The van der Waals surface area contributed by atoms with Crippen molar-refractivity contribution >= 4 is 27.3 Å². The standard InChI is InChI=1S/C21H25N3O5S/c1-5-20(25)24-17(21-18(28-2)10-7-11-19(21)29-3)13-16(22-24)14-8-6-9-15(12-14)23-30(4,26)27/h6-12,17,23H,5,13H2,1-4H3/t17-/m1/s1. The summed E-state index contributed by atoms with van der Waals surface area (Å²) in [5, 5.41) is 6.05. The van der Waals surface area contributed by atoms with E-state index >= 15 is 0 Å². The van der Waals surface area contributed by atoms with Gasteiger partial charge in [0.05, 0.1) is 37.8 Å². The second-order valence-corrected chi connectivity index (χ2v) is 8.64. The molecule has 1 N–H and O–H groups in total. The summed E-state index contributed by atoms with van der Waals surface area (Å²) in [6.07, 6.45) is 1.82. The molecule has 160 valence electrons. The van der Waals surface area contributed by atoms with E-state index < -0.39 is 16.1 Å². The molecule has 2 aromatic carbocycles. The van der Waals surface area contributed by atoms with Gasteiger partial charge in [0, 0.05) is 18.5 Å². The van der Waals surface area contributed by atoms with Crippen molar-refractivity contribution in [3.63, 3.8) is 0 Å². The SMILES string of the molecule is CCC(=O)N1N=C(c2cccc(NS(C)(=O)=O)c2)C[C@@H]1c1c(OC)cccc1OC. The lowest BCUT2D eigenvalue weighted by molar-refractivity contribution is -0.132. The number of nitrogens with zero attached hydrogens (tertiary/aromatic N) is 2. The fourth-order valence-electron chi connectivity index (χ4n) is 3.49. The first kappa shape index (κ1) is 21.6. The lowest BCUT2D eigenvalue weighted by Crippen LogP contribution is -2.26. The summed E-state index contributed by atoms with van der Waals surface area (Å²) >= 11 is 0. The molecule has 0 fully saturated rings. The Labute approximate surface area is 176 Å². The fourth-order valence-corrected chi connectivity index (χ4v) is 4.04. The molecule has 1 aliphatic rings. The van der Waals surface area contributed by atoms with Crippen molar-refractivity contribution < 1.29 is 22.7 Å². The van der Waals surface area contributed by atoms with Gasteiger partial charge >= 0.3 is 0 Å². The van der Waals surface area contributed by atoms with Crippen molar-refractivity contribution in [1.82, 2.24) is 5.01 Å². The normalized spacial score (nSPS) is 16.2. The number of nitrogens with one attached hydrogen (secondary N) is 1. The third-order valence-corrected chi connectivity index (χ3v) is 5.37. The lowest BCUT2D eigenvalue weighted by Gasteiger charge is -2.25. The first-order chi connectivity index (χ1) is 14.3. The van der Waals surface area contributed by atoms with E-state index in [1.54, 1.807) is 39.3 Å². The molecule has 0 spiro atoms. The predicted octanol–water partition coefficient (Wildman–Crippen LogP) is 3.16. The summed E-state index contributed by atoms with van der Waals surface area (Å²) in [7, 11) is -0.263. The number of hydrogen-bond acceptors (Lipinski definition) is 6. The highest BCUT2D eigenvalue weighted by Crippen LogP contribution is 2.42. The minimum atomic E-state index is -3.40. The number of methoxy groups -OCH3 is 2. The molecular weight excluding hydrogens is 406 g/mol. The maximum atomic E-state index is 12.7. The topological polar surface area (TPSA) is 97.3 Å². The van der Waals surface area contributed by atoms with E-state index in [9.17, 15) is 13.2 Å². The molecule has 8 nitrogen and oxygen atoms in total. The Morgan fingerprint density at radius 2 is 1.80 bits per heavy atom. The van der Waals surface area contributed by atoms with Crippen LogP contribution in [0.25, 0.3) is 0 Å². The molecule has 0 bridgehead atoms. The first-order valence-electron chi connectivity index (χ1n) is 9.46. The van der Waals surface area contributed by atoms with E-state index in [-0.39, 0.29) is 5.91 Å². The molecule has 1 atom stereocenters. The third-order valence-electron chi connectivity index (χ3n) is 4.77. The molecule has 0 saturated heterocycles. The Bertz CT molecular complexity index is 1060. The van der Waals surface area contributed by atoms with Crippen LogP contribution in [0.2, 0.25) is 0 Å². The third kappa shape index (κ3) is 4.56. The number of amides is 1. The molecule has 3 rings (SSSR count). The molecule has 2 aromatic rings. The van der Waals surface area contributed by atoms with Crippen LogP contribution in [-0.2, 0) is 14.8 Å². The average molecular weight is 432 g/mol. The Balaban J connectivity index is 2.03. The lowest BCUT2D eigenvalue weighted by atomic mass is 9.96. The zero-order valence-corrected chi connectivity index (χ0v) is 18.2. The van der Waals surface area contributed by atoms with E-state index in [1.807, 2.05) is 24.3 Å². The number of carbonyl (C=O) groups excluding carboxylic acids is 1. The molecule has 1 amide bonds. The van der Waals surface area contributed by atoms with E-state index in [4.69, 9.17) is 9.47 Å². The summed E-state index contributed by atoms with van der Waals surface area (Å²) in [4.78, 5) is 12.7. The van der Waals surface area contributed by atoms with Crippen LogP contribution in [0.3, 0.4) is 0 Å². The van der Waals surface area contributed by atoms with Crippen molar-refractivity contribution in [3.05, 3.63) is 53.6 Å². The van der Waals surface area contributed by atoms with Crippen LogP contribution in [0.4, 0.5) is 5.69 Å². The van der Waals surface area contributed by atoms with Crippen molar-refractivity contribution in [3.8, 4) is 11.5 Å². The van der Waals surface area contributed by atoms with Gasteiger partial charge in [0.2, 0.25) is 15.9 Å². The molecule has 1 heterocycles. The number of benzene rings is 2. The number of hydrogen-bond donors (Lipinski definition) is 1. The quantitative estimate of drug-likeness (QED) is 0.726. The molecule has 0 unspecified atom stereocenters. The Morgan fingerprint density at radius 3 is 2.37 bits per heavy atom. The molecule has 30 heavy (non-hydrogen) atoms. The van der Waals surface area contributed by atoms with Gasteiger partial charge in [-0.15, -0.1) is 0 Å². The van der Waals surface area contributed by atoms with Crippen molar-refractivity contribution in [1.29, 1.82) is 0 Å². The molecule has 1 aliphatic heterocycles. The Hall–Kier alpha value is -3.07. The van der Waals surface area contributed by atoms with Crippen LogP contribution >= 0.6 is 0 Å². The summed E-state index contributed by atoms with van der Waals surface area (Å²) in [5.41, 5.74) is 2.58. The minimum Gasteiger partial charge on any atom is -0.496 e. The second-order valence-electron chi connectivity index (χ2n) is 6.89. The van der Waals surface area contributed by atoms with Crippen LogP contribution in [-0.4, -0.2) is 45.5 Å². The summed E-state index contributed by atoms with van der Waals surface area (Å²) < 4.78 is 36.7. The zero-order chi connectivity index (χ0) is 21.9. The highest BCUT2D eigenvalue weighted by molar-refractivity contribution is 7.92. The summed E-state index contributed by atoms with van der Waals surface area (Å²) in [5.74, 6) is 1.09. The van der Waals surface area contributed by atoms with Gasteiger partial charge in [0.25, 0.3) is 0 Å². The van der Waals surface area contributed by atoms with E-state index in [2.05, 4.69) is 9.82 Å². The predicted molar refractivity (Wildman–Crippen MR) is 115 cm³/mol. The minimum absolute atomic E-state index is 0.131. The molecular formula is C21H25N3O5S. The number of ether oxygens (including phenoxy) is 2. The van der Waals surface area contributed by atoms with Crippen molar-refractivity contribution in [2.75, 3.05) is 25.2 Å². The van der Waals surface area contributed by atoms with Crippen molar-refractivity contribution in [2.45, 2.75) is 25.8 Å². The van der Waals surface area contributed by atoms with Crippen LogP contribution in [0, 0.1) is 0 Å². The number of rotatable bonds is 7. The van der Waals surface area contributed by atoms with Crippen LogP contribution in [0.1, 0.15) is 36.9 Å². The summed E-state index contributed by atoms with van der Waals surface area (Å²) in [6.45, 7) is 1.78. The second kappa shape index (κ2) is 8.74. The number of hydrazone groups is 1. The maximum absolute atomic E-state index is 12.7. The van der Waals surface area contributed by atoms with Gasteiger partial charge in [-0.05, 0) is 29.8 Å². The van der Waals surface area contributed by atoms with Gasteiger partial charge in [-0.3, -0.25) is 9.52 Å². The highest BCUT2D eigenvalue weighted by atomic mass is 32.2. The fraction of sp³-hybridized carbons (Fsp3) is 0.333. The first-order valence-corrected chi connectivity index (χ1v) is 11.3. The van der Waals surface area contributed by atoms with E-state index in [1.165, 1.54) is 5.01 Å². The van der Waals surface area contributed by atoms with Gasteiger partial charge in [0.15, 0.2) is 0 Å². The zero-order valence-electron chi connectivity index (χ0n) is 17.4. The molecule has 0 radical (unpaired) electrons. The van der Waals surface area contributed by atoms with Crippen molar-refractivity contribution in [2.24, 2.45) is 5.10 Å². The number of carbonyl (C=O) groups is 1. The van der Waals surface area contributed by atoms with Crippen LogP contribution in [0.5, 0.6) is 11.5 Å². The molecule has 0 aromatic heterocycles. The van der Waals surface area contributed by atoms with Gasteiger partial charge in [0.1, 0.15) is 11.5 Å². The molecule has 9 heteroatoms. The Kier molecular flexibility index (Phi) is 6.31. The average Bonchev–Trinajstić information content (AvgIpc) is 3.16. The smallest absolute Gasteiger partial charge is 0.242 e. The van der Waals surface area contributed by atoms with E-state index in [0.717, 1.165) is 17.4 Å². The highest BCUT2D eigenvalue weighted by Gasteiger charge is 2.36. The van der Waals surface area contributed by atoms with Gasteiger partial charge in [-0.1, -0.05) is 25.1 Å². The monoisotopic (exact) mass is 431 g/mol. The largest absolute Gasteiger partial charge is 0.496 e.